The van der Waals surface area contributed by atoms with Gasteiger partial charge in [0.05, 0.1) is 24.7 Å². The molecule has 0 aliphatic carbocycles. The molecule has 26 heavy (non-hydrogen) atoms. The molecule has 0 spiro atoms. The molecule has 0 radical (unpaired) electrons. The highest BCUT2D eigenvalue weighted by molar-refractivity contribution is 5.76. The Labute approximate surface area is 152 Å². The summed E-state index contributed by atoms with van der Waals surface area (Å²) in [6.45, 7) is 4.30. The number of nitrogens with zero attached hydrogens (tertiary/aromatic N) is 2. The molecule has 0 bridgehead atoms. The molecule has 5 nitrogen and oxygen atoms in total. The topological polar surface area (TPSA) is 45.9 Å². The zero-order valence-electron chi connectivity index (χ0n) is 14.9. The molecule has 0 saturated carbocycles. The summed E-state index contributed by atoms with van der Waals surface area (Å²) >= 11 is 0. The van der Waals surface area contributed by atoms with Crippen LogP contribution in [0.1, 0.15) is 5.76 Å². The summed E-state index contributed by atoms with van der Waals surface area (Å²) in [5.74, 6) is 1.63. The lowest BCUT2D eigenvalue weighted by Crippen LogP contribution is -2.46. The monoisotopic (exact) mass is 350 g/mol. The SMILES string of the molecule is COc1ccccc1N1CCN(Cc2cc(=O)c3ccccc3o2)CC1. The molecule has 2 aromatic carbocycles. The molecular formula is C21H22N2O3. The summed E-state index contributed by atoms with van der Waals surface area (Å²) in [6, 6.07) is 17.1. The zero-order chi connectivity index (χ0) is 17.9. The predicted octanol–water partition coefficient (Wildman–Crippen LogP) is 3.12. The molecule has 0 amide bonds. The van der Waals surface area contributed by atoms with Crippen molar-refractivity contribution in [1.82, 2.24) is 4.90 Å². The average molecular weight is 350 g/mol. The number of para-hydroxylation sites is 3. The van der Waals surface area contributed by atoms with Crippen molar-refractivity contribution in [2.24, 2.45) is 0 Å². The van der Waals surface area contributed by atoms with Crippen LogP contribution in [0.25, 0.3) is 11.0 Å². The Morgan fingerprint density at radius 2 is 1.73 bits per heavy atom. The van der Waals surface area contributed by atoms with E-state index in [0.717, 1.165) is 43.4 Å². The van der Waals surface area contributed by atoms with Gasteiger partial charge in [0.2, 0.25) is 0 Å². The Bertz CT molecular complexity index is 959. The van der Waals surface area contributed by atoms with Crippen LogP contribution in [0.15, 0.2) is 63.8 Å². The highest BCUT2D eigenvalue weighted by Gasteiger charge is 2.20. The predicted molar refractivity (Wildman–Crippen MR) is 103 cm³/mol. The van der Waals surface area contributed by atoms with Gasteiger partial charge in [-0.15, -0.1) is 0 Å². The number of hydrogen-bond acceptors (Lipinski definition) is 5. The number of piperazine rings is 1. The van der Waals surface area contributed by atoms with Crippen LogP contribution >= 0.6 is 0 Å². The van der Waals surface area contributed by atoms with Crippen LogP contribution in [0.3, 0.4) is 0 Å². The maximum absolute atomic E-state index is 12.2. The second kappa shape index (κ2) is 7.22. The molecule has 4 rings (SSSR count). The second-order valence-electron chi connectivity index (χ2n) is 6.51. The molecule has 1 fully saturated rings. The maximum atomic E-state index is 12.2. The lowest BCUT2D eigenvalue weighted by Gasteiger charge is -2.36. The normalized spacial score (nSPS) is 15.3. The molecule has 3 aromatic rings. The fourth-order valence-corrected chi connectivity index (χ4v) is 3.49. The molecule has 2 heterocycles. The van der Waals surface area contributed by atoms with Crippen LogP contribution in [0.2, 0.25) is 0 Å². The van der Waals surface area contributed by atoms with Crippen molar-refractivity contribution in [2.75, 3.05) is 38.2 Å². The Morgan fingerprint density at radius 1 is 1.00 bits per heavy atom. The van der Waals surface area contributed by atoms with Gasteiger partial charge in [-0.05, 0) is 24.3 Å². The largest absolute Gasteiger partial charge is 0.495 e. The van der Waals surface area contributed by atoms with Gasteiger partial charge in [0.1, 0.15) is 17.1 Å². The number of methoxy groups -OCH3 is 1. The molecule has 0 unspecified atom stereocenters. The minimum atomic E-state index is 0.0227. The van der Waals surface area contributed by atoms with Crippen molar-refractivity contribution in [1.29, 1.82) is 0 Å². The summed E-state index contributed by atoms with van der Waals surface area (Å²) in [4.78, 5) is 16.9. The first-order valence-corrected chi connectivity index (χ1v) is 8.87. The second-order valence-corrected chi connectivity index (χ2v) is 6.51. The van der Waals surface area contributed by atoms with E-state index < -0.39 is 0 Å². The first-order chi connectivity index (χ1) is 12.7. The van der Waals surface area contributed by atoms with Gasteiger partial charge < -0.3 is 14.1 Å². The maximum Gasteiger partial charge on any atom is 0.192 e. The van der Waals surface area contributed by atoms with E-state index in [9.17, 15) is 4.79 Å². The molecule has 1 aromatic heterocycles. The van der Waals surface area contributed by atoms with Crippen LogP contribution in [0.4, 0.5) is 5.69 Å². The molecule has 1 aliphatic heterocycles. The van der Waals surface area contributed by atoms with E-state index in [4.69, 9.17) is 9.15 Å². The van der Waals surface area contributed by atoms with E-state index in [-0.39, 0.29) is 5.43 Å². The van der Waals surface area contributed by atoms with Crippen LogP contribution < -0.4 is 15.1 Å². The van der Waals surface area contributed by atoms with Gasteiger partial charge in [-0.3, -0.25) is 9.69 Å². The number of hydrogen-bond donors (Lipinski definition) is 0. The summed E-state index contributed by atoms with van der Waals surface area (Å²) in [5.41, 5.74) is 1.81. The van der Waals surface area contributed by atoms with Crippen molar-refractivity contribution in [3.63, 3.8) is 0 Å². The molecular weight excluding hydrogens is 328 g/mol. The van der Waals surface area contributed by atoms with Gasteiger partial charge in [0, 0.05) is 32.2 Å². The third kappa shape index (κ3) is 3.30. The number of ether oxygens (including phenoxy) is 1. The summed E-state index contributed by atoms with van der Waals surface area (Å²) < 4.78 is 11.4. The van der Waals surface area contributed by atoms with Crippen LogP contribution in [-0.2, 0) is 6.54 Å². The zero-order valence-corrected chi connectivity index (χ0v) is 14.9. The van der Waals surface area contributed by atoms with Crippen LogP contribution in [0, 0.1) is 0 Å². The van der Waals surface area contributed by atoms with E-state index in [0.29, 0.717) is 17.5 Å². The third-order valence-electron chi connectivity index (χ3n) is 4.86. The van der Waals surface area contributed by atoms with Crippen molar-refractivity contribution < 1.29 is 9.15 Å². The quantitative estimate of drug-likeness (QED) is 0.723. The fourth-order valence-electron chi connectivity index (χ4n) is 3.49. The van der Waals surface area contributed by atoms with E-state index in [2.05, 4.69) is 15.9 Å². The van der Waals surface area contributed by atoms with Gasteiger partial charge in [0.25, 0.3) is 0 Å². The Balaban J connectivity index is 1.45. The van der Waals surface area contributed by atoms with Gasteiger partial charge >= 0.3 is 0 Å². The highest BCUT2D eigenvalue weighted by Crippen LogP contribution is 2.28. The van der Waals surface area contributed by atoms with Gasteiger partial charge in [0.15, 0.2) is 5.43 Å². The first kappa shape index (κ1) is 16.7. The van der Waals surface area contributed by atoms with Gasteiger partial charge in [-0.25, -0.2) is 0 Å². The van der Waals surface area contributed by atoms with E-state index in [1.165, 1.54) is 0 Å². The average Bonchev–Trinajstić information content (AvgIpc) is 2.69. The summed E-state index contributed by atoms with van der Waals surface area (Å²) in [7, 11) is 1.71. The Morgan fingerprint density at radius 3 is 2.54 bits per heavy atom. The lowest BCUT2D eigenvalue weighted by molar-refractivity contribution is 0.231. The fraction of sp³-hybridized carbons (Fsp3) is 0.286. The standard InChI is InChI=1S/C21H22N2O3/c1-25-21-9-5-3-7-18(21)23-12-10-22(11-13-23)15-16-14-19(24)17-6-2-4-8-20(17)26-16/h2-9,14H,10-13,15H2,1H3. The van der Waals surface area contributed by atoms with Gasteiger partial charge in [-0.1, -0.05) is 24.3 Å². The first-order valence-electron chi connectivity index (χ1n) is 8.87. The summed E-state index contributed by atoms with van der Waals surface area (Å²) in [5, 5.41) is 0.636. The van der Waals surface area contributed by atoms with Gasteiger partial charge in [-0.2, -0.15) is 0 Å². The van der Waals surface area contributed by atoms with E-state index in [1.807, 2.05) is 36.4 Å². The Hall–Kier alpha value is -2.79. The van der Waals surface area contributed by atoms with Crippen molar-refractivity contribution in [2.45, 2.75) is 6.54 Å². The van der Waals surface area contributed by atoms with Crippen LogP contribution in [0.5, 0.6) is 5.75 Å². The molecule has 0 atom stereocenters. The molecule has 5 heteroatoms. The van der Waals surface area contributed by atoms with Crippen LogP contribution in [-0.4, -0.2) is 38.2 Å². The third-order valence-corrected chi connectivity index (χ3v) is 4.86. The van der Waals surface area contributed by atoms with Crippen molar-refractivity contribution >= 4 is 16.7 Å². The number of anilines is 1. The molecule has 1 aliphatic rings. The highest BCUT2D eigenvalue weighted by atomic mass is 16.5. The van der Waals surface area contributed by atoms with Crippen molar-refractivity contribution in [3.05, 3.63) is 70.6 Å². The van der Waals surface area contributed by atoms with E-state index in [1.54, 1.807) is 19.2 Å². The molecule has 134 valence electrons. The number of fused-ring (bicyclic) bond motifs is 1. The number of benzene rings is 2. The van der Waals surface area contributed by atoms with E-state index >= 15 is 0 Å². The summed E-state index contributed by atoms with van der Waals surface area (Å²) in [6.07, 6.45) is 0. The molecule has 0 N–H and O–H groups in total. The molecule has 1 saturated heterocycles. The minimum absolute atomic E-state index is 0.0227. The lowest BCUT2D eigenvalue weighted by atomic mass is 10.2. The minimum Gasteiger partial charge on any atom is -0.495 e. The van der Waals surface area contributed by atoms with Crippen molar-refractivity contribution in [3.8, 4) is 5.75 Å². The Kier molecular flexibility index (Phi) is 4.63. The number of rotatable bonds is 4. The smallest absolute Gasteiger partial charge is 0.192 e.